The zero-order valence-corrected chi connectivity index (χ0v) is 20.0. The fourth-order valence-corrected chi connectivity index (χ4v) is 5.63. The van der Waals surface area contributed by atoms with Gasteiger partial charge in [-0.15, -0.1) is 11.8 Å². The van der Waals surface area contributed by atoms with Crippen molar-refractivity contribution in [3.05, 3.63) is 53.1 Å². The Morgan fingerprint density at radius 1 is 1.23 bits per heavy atom. The SMILES string of the molecule is CCSc1cccc(C(=O)N(CCN2CCOCC2)c2nc3cc(C)cc(C)c3s2)c1. The molecule has 0 atom stereocenters. The zero-order valence-electron chi connectivity index (χ0n) is 18.4. The molecule has 0 radical (unpaired) electrons. The topological polar surface area (TPSA) is 45.7 Å². The number of aromatic nitrogens is 1. The molecule has 0 bridgehead atoms. The zero-order chi connectivity index (χ0) is 21.8. The molecule has 0 aliphatic carbocycles. The summed E-state index contributed by atoms with van der Waals surface area (Å²) in [6.45, 7) is 11.1. The second-order valence-corrected chi connectivity index (χ2v) is 10.1. The Morgan fingerprint density at radius 2 is 2.03 bits per heavy atom. The summed E-state index contributed by atoms with van der Waals surface area (Å²) < 4.78 is 6.63. The molecule has 7 heteroatoms. The lowest BCUT2D eigenvalue weighted by Gasteiger charge is -2.29. The van der Waals surface area contributed by atoms with Crippen LogP contribution in [0.1, 0.15) is 28.4 Å². The van der Waals surface area contributed by atoms with Crippen LogP contribution in [0.4, 0.5) is 5.13 Å². The molecule has 31 heavy (non-hydrogen) atoms. The number of ether oxygens (including phenoxy) is 1. The fraction of sp³-hybridized carbons (Fsp3) is 0.417. The van der Waals surface area contributed by atoms with E-state index in [1.807, 2.05) is 23.1 Å². The van der Waals surface area contributed by atoms with Gasteiger partial charge in [-0.25, -0.2) is 4.98 Å². The van der Waals surface area contributed by atoms with Crippen LogP contribution in [0.15, 0.2) is 41.3 Å². The molecule has 3 aromatic rings. The van der Waals surface area contributed by atoms with E-state index in [1.165, 1.54) is 11.1 Å². The highest BCUT2D eigenvalue weighted by Crippen LogP contribution is 2.33. The Kier molecular flexibility index (Phi) is 7.27. The van der Waals surface area contributed by atoms with Crippen LogP contribution in [0.25, 0.3) is 10.2 Å². The van der Waals surface area contributed by atoms with Crippen molar-refractivity contribution in [1.29, 1.82) is 0 Å². The molecule has 1 aliphatic heterocycles. The highest BCUT2D eigenvalue weighted by molar-refractivity contribution is 7.99. The number of benzene rings is 2. The molecule has 2 heterocycles. The first-order chi connectivity index (χ1) is 15.0. The number of rotatable bonds is 7. The van der Waals surface area contributed by atoms with Gasteiger partial charge in [-0.2, -0.15) is 0 Å². The highest BCUT2D eigenvalue weighted by atomic mass is 32.2. The maximum atomic E-state index is 13.6. The van der Waals surface area contributed by atoms with Gasteiger partial charge < -0.3 is 4.74 Å². The first-order valence-electron chi connectivity index (χ1n) is 10.8. The molecule has 0 N–H and O–H groups in total. The van der Waals surface area contributed by atoms with Crippen molar-refractivity contribution in [2.45, 2.75) is 25.7 Å². The molecule has 1 fully saturated rings. The number of hydrogen-bond donors (Lipinski definition) is 0. The average molecular weight is 456 g/mol. The number of carbonyl (C=O) groups is 1. The maximum Gasteiger partial charge on any atom is 0.260 e. The molecule has 0 unspecified atom stereocenters. The van der Waals surface area contributed by atoms with Gasteiger partial charge in [-0.05, 0) is 55.0 Å². The van der Waals surface area contributed by atoms with Crippen LogP contribution >= 0.6 is 23.1 Å². The first-order valence-corrected chi connectivity index (χ1v) is 12.6. The smallest absolute Gasteiger partial charge is 0.260 e. The summed E-state index contributed by atoms with van der Waals surface area (Å²) >= 11 is 3.36. The van der Waals surface area contributed by atoms with Crippen LogP contribution in [-0.2, 0) is 4.74 Å². The summed E-state index contributed by atoms with van der Waals surface area (Å²) in [7, 11) is 0. The van der Waals surface area contributed by atoms with Gasteiger partial charge in [0.2, 0.25) is 0 Å². The van der Waals surface area contributed by atoms with Crippen LogP contribution in [0.2, 0.25) is 0 Å². The van der Waals surface area contributed by atoms with Crippen molar-refractivity contribution in [1.82, 2.24) is 9.88 Å². The monoisotopic (exact) mass is 455 g/mol. The molecule has 4 rings (SSSR count). The number of morpholine rings is 1. The van der Waals surface area contributed by atoms with Crippen LogP contribution in [-0.4, -0.2) is 60.9 Å². The van der Waals surface area contributed by atoms with E-state index in [-0.39, 0.29) is 5.91 Å². The van der Waals surface area contributed by atoms with Crippen molar-refractivity contribution in [2.24, 2.45) is 0 Å². The highest BCUT2D eigenvalue weighted by Gasteiger charge is 2.23. The van der Waals surface area contributed by atoms with Crippen molar-refractivity contribution in [3.8, 4) is 0 Å². The molecule has 1 aliphatic rings. The lowest BCUT2D eigenvalue weighted by Crippen LogP contribution is -2.43. The Bertz CT molecular complexity index is 1060. The predicted molar refractivity (Wildman–Crippen MR) is 131 cm³/mol. The first kappa shape index (κ1) is 22.3. The number of amides is 1. The van der Waals surface area contributed by atoms with Crippen LogP contribution in [0.3, 0.4) is 0 Å². The van der Waals surface area contributed by atoms with E-state index in [2.05, 4.69) is 43.9 Å². The minimum atomic E-state index is 0.0141. The molecule has 1 aromatic heterocycles. The lowest BCUT2D eigenvalue weighted by atomic mass is 10.1. The number of hydrogen-bond acceptors (Lipinski definition) is 6. The van der Waals surface area contributed by atoms with E-state index in [9.17, 15) is 4.79 Å². The van der Waals surface area contributed by atoms with Gasteiger partial charge in [-0.1, -0.05) is 30.4 Å². The van der Waals surface area contributed by atoms with E-state index in [0.717, 1.165) is 58.8 Å². The molecule has 2 aromatic carbocycles. The van der Waals surface area contributed by atoms with E-state index >= 15 is 0 Å². The summed E-state index contributed by atoms with van der Waals surface area (Å²) in [4.78, 5) is 23.9. The molecule has 5 nitrogen and oxygen atoms in total. The summed E-state index contributed by atoms with van der Waals surface area (Å²) in [5.41, 5.74) is 4.09. The third-order valence-corrected chi connectivity index (χ3v) is 7.53. The number of fused-ring (bicyclic) bond motifs is 1. The van der Waals surface area contributed by atoms with Crippen molar-refractivity contribution >= 4 is 44.4 Å². The molecular formula is C24H29N3O2S2. The van der Waals surface area contributed by atoms with E-state index < -0.39 is 0 Å². The van der Waals surface area contributed by atoms with Crippen LogP contribution < -0.4 is 4.90 Å². The van der Waals surface area contributed by atoms with Crippen LogP contribution in [0.5, 0.6) is 0 Å². The summed E-state index contributed by atoms with van der Waals surface area (Å²) in [6, 6.07) is 12.2. The van der Waals surface area contributed by atoms with Crippen LogP contribution in [0, 0.1) is 13.8 Å². The van der Waals surface area contributed by atoms with Crippen molar-refractivity contribution in [2.75, 3.05) is 50.0 Å². The van der Waals surface area contributed by atoms with E-state index in [0.29, 0.717) is 12.1 Å². The number of carbonyl (C=O) groups excluding carboxylic acids is 1. The fourth-order valence-electron chi connectivity index (χ4n) is 3.87. The van der Waals surface area contributed by atoms with Gasteiger partial charge in [0.05, 0.1) is 23.4 Å². The van der Waals surface area contributed by atoms with Gasteiger partial charge in [-0.3, -0.25) is 14.6 Å². The van der Waals surface area contributed by atoms with Gasteiger partial charge in [0.1, 0.15) is 0 Å². The number of aryl methyl sites for hydroxylation is 2. The summed E-state index contributed by atoms with van der Waals surface area (Å²) in [5, 5.41) is 0.774. The lowest BCUT2D eigenvalue weighted by molar-refractivity contribution is 0.0391. The number of thiazole rings is 1. The number of anilines is 1. The molecule has 0 saturated carbocycles. The molecule has 164 valence electrons. The van der Waals surface area contributed by atoms with Gasteiger partial charge in [0, 0.05) is 36.6 Å². The van der Waals surface area contributed by atoms with E-state index in [1.54, 1.807) is 23.1 Å². The second kappa shape index (κ2) is 10.1. The third-order valence-electron chi connectivity index (χ3n) is 5.42. The molecule has 1 saturated heterocycles. The Hall–Kier alpha value is -1.93. The van der Waals surface area contributed by atoms with Gasteiger partial charge >= 0.3 is 0 Å². The third kappa shape index (κ3) is 5.29. The number of nitrogens with zero attached hydrogens (tertiary/aromatic N) is 3. The Labute approximate surface area is 192 Å². The minimum absolute atomic E-state index is 0.0141. The predicted octanol–water partition coefficient (Wildman–Crippen LogP) is 5.00. The van der Waals surface area contributed by atoms with Gasteiger partial charge in [0.25, 0.3) is 5.91 Å². The Balaban J connectivity index is 1.66. The quantitative estimate of drug-likeness (QED) is 0.469. The molecule has 0 spiro atoms. The van der Waals surface area contributed by atoms with Crippen molar-refractivity contribution < 1.29 is 9.53 Å². The largest absolute Gasteiger partial charge is 0.379 e. The maximum absolute atomic E-state index is 13.6. The molecular weight excluding hydrogens is 426 g/mol. The average Bonchev–Trinajstić information content (AvgIpc) is 3.19. The molecule has 1 amide bonds. The standard InChI is InChI=1S/C24H29N3O2S2/c1-4-30-20-7-5-6-19(16-20)23(28)27(9-8-26-10-12-29-13-11-26)24-25-21-15-17(2)14-18(3)22(21)31-24/h5-7,14-16H,4,8-13H2,1-3H3. The second-order valence-electron chi connectivity index (χ2n) is 7.80. The van der Waals surface area contributed by atoms with E-state index in [4.69, 9.17) is 9.72 Å². The van der Waals surface area contributed by atoms with Gasteiger partial charge in [0.15, 0.2) is 5.13 Å². The van der Waals surface area contributed by atoms with Crippen molar-refractivity contribution in [3.63, 3.8) is 0 Å². The minimum Gasteiger partial charge on any atom is -0.379 e. The normalized spacial score (nSPS) is 14.8. The number of thioether (sulfide) groups is 1. The Morgan fingerprint density at radius 3 is 2.81 bits per heavy atom. The summed E-state index contributed by atoms with van der Waals surface area (Å²) in [5.74, 6) is 0.995. The summed E-state index contributed by atoms with van der Waals surface area (Å²) in [6.07, 6.45) is 0.